The molecular weight excluding hydrogens is 273 g/mol. The molecule has 0 radical (unpaired) electrons. The second-order valence-electron chi connectivity index (χ2n) is 4.08. The largest absolute Gasteiger partial charge is 0.369 e. The molecule has 0 atom stereocenters. The third-order valence-electron chi connectivity index (χ3n) is 2.59. The Morgan fingerprint density at radius 1 is 1.38 bits per heavy atom. The highest BCUT2D eigenvalue weighted by atomic mass is 19.1. The third-order valence-corrected chi connectivity index (χ3v) is 2.59. The number of hydrogen-bond acceptors (Lipinski definition) is 5. The molecule has 1 heterocycles. The highest BCUT2D eigenvalue weighted by Gasteiger charge is 2.10. The fraction of sp³-hybridized carbons (Fsp3) is 0.143. The average Bonchev–Trinajstić information content (AvgIpc) is 2.50. The molecule has 1 aromatic carbocycles. The second kappa shape index (κ2) is 6.43. The first-order chi connectivity index (χ1) is 10.1. The summed E-state index contributed by atoms with van der Waals surface area (Å²) >= 11 is 0. The number of halogens is 1. The zero-order chi connectivity index (χ0) is 15.2. The van der Waals surface area contributed by atoms with E-state index in [0.29, 0.717) is 18.1 Å². The maximum atomic E-state index is 13.2. The maximum Gasteiger partial charge on any atom is 0.275 e. The van der Waals surface area contributed by atoms with Gasteiger partial charge < -0.3 is 10.6 Å². The van der Waals surface area contributed by atoms with Crippen molar-refractivity contribution in [2.75, 3.05) is 17.2 Å². The van der Waals surface area contributed by atoms with Gasteiger partial charge in [0.1, 0.15) is 23.4 Å². The summed E-state index contributed by atoms with van der Waals surface area (Å²) in [6.45, 7) is 2.62. The number of carbonyl (C=O) groups excluding carboxylic acids is 1. The molecule has 0 aliphatic carbocycles. The van der Waals surface area contributed by atoms with Crippen LogP contribution in [0.3, 0.4) is 0 Å². The molecule has 0 aliphatic heterocycles. The van der Waals surface area contributed by atoms with Crippen LogP contribution in [0, 0.1) is 17.1 Å². The molecule has 21 heavy (non-hydrogen) atoms. The van der Waals surface area contributed by atoms with Crippen molar-refractivity contribution in [1.29, 1.82) is 5.26 Å². The van der Waals surface area contributed by atoms with Gasteiger partial charge in [-0.3, -0.25) is 4.79 Å². The molecule has 0 saturated heterocycles. The Morgan fingerprint density at radius 2 is 2.19 bits per heavy atom. The summed E-state index contributed by atoms with van der Waals surface area (Å²) in [5.74, 6) is -0.547. The fourth-order valence-corrected chi connectivity index (χ4v) is 1.60. The number of aromatic nitrogens is 2. The van der Waals surface area contributed by atoms with E-state index in [1.54, 1.807) is 6.07 Å². The fourth-order valence-electron chi connectivity index (χ4n) is 1.60. The van der Waals surface area contributed by atoms with E-state index in [-0.39, 0.29) is 11.3 Å². The van der Waals surface area contributed by atoms with Crippen LogP contribution in [0.1, 0.15) is 23.0 Å². The number of nitriles is 1. The van der Waals surface area contributed by atoms with E-state index in [4.69, 9.17) is 5.26 Å². The zero-order valence-electron chi connectivity index (χ0n) is 11.2. The van der Waals surface area contributed by atoms with E-state index >= 15 is 0 Å². The van der Waals surface area contributed by atoms with Gasteiger partial charge in [-0.05, 0) is 25.1 Å². The van der Waals surface area contributed by atoms with Crippen molar-refractivity contribution in [3.05, 3.63) is 47.7 Å². The van der Waals surface area contributed by atoms with Gasteiger partial charge in [0.15, 0.2) is 0 Å². The summed E-state index contributed by atoms with van der Waals surface area (Å²) in [5.41, 5.74) is 0.302. The van der Waals surface area contributed by atoms with Crippen LogP contribution < -0.4 is 10.6 Å². The van der Waals surface area contributed by atoms with Crippen molar-refractivity contribution >= 4 is 17.4 Å². The van der Waals surface area contributed by atoms with Gasteiger partial charge in [0.2, 0.25) is 0 Å². The van der Waals surface area contributed by atoms with Gasteiger partial charge in [-0.25, -0.2) is 14.4 Å². The summed E-state index contributed by atoms with van der Waals surface area (Å²) in [6, 6.07) is 5.45. The molecule has 106 valence electrons. The van der Waals surface area contributed by atoms with Crippen molar-refractivity contribution in [1.82, 2.24) is 9.97 Å². The van der Waals surface area contributed by atoms with Crippen molar-refractivity contribution in [3.63, 3.8) is 0 Å². The Kier molecular flexibility index (Phi) is 4.41. The summed E-state index contributed by atoms with van der Waals surface area (Å²) in [5, 5.41) is 14.2. The molecule has 0 aliphatic rings. The first kappa shape index (κ1) is 14.4. The molecule has 2 rings (SSSR count). The maximum absolute atomic E-state index is 13.2. The summed E-state index contributed by atoms with van der Waals surface area (Å²) in [6.07, 6.45) is 2.78. The molecule has 7 heteroatoms. The minimum atomic E-state index is -0.634. The minimum absolute atomic E-state index is 0.125. The van der Waals surface area contributed by atoms with E-state index in [1.165, 1.54) is 24.5 Å². The first-order valence-corrected chi connectivity index (χ1v) is 6.21. The van der Waals surface area contributed by atoms with E-state index in [2.05, 4.69) is 20.6 Å². The lowest BCUT2D eigenvalue weighted by Gasteiger charge is -2.06. The predicted octanol–water partition coefficient (Wildman–Crippen LogP) is 2.17. The van der Waals surface area contributed by atoms with Crippen LogP contribution in [0.25, 0.3) is 0 Å². The Balaban J connectivity index is 2.12. The summed E-state index contributed by atoms with van der Waals surface area (Å²) < 4.78 is 13.2. The Labute approximate surface area is 120 Å². The van der Waals surface area contributed by atoms with Gasteiger partial charge in [0.25, 0.3) is 5.91 Å². The number of rotatable bonds is 4. The van der Waals surface area contributed by atoms with Gasteiger partial charge in [-0.15, -0.1) is 0 Å². The Bertz CT molecular complexity index is 694. The third kappa shape index (κ3) is 3.51. The van der Waals surface area contributed by atoms with E-state index in [0.717, 1.165) is 6.07 Å². The lowest BCUT2D eigenvalue weighted by atomic mass is 10.2. The second-order valence-corrected chi connectivity index (χ2v) is 4.08. The van der Waals surface area contributed by atoms with Crippen molar-refractivity contribution in [2.24, 2.45) is 0 Å². The van der Waals surface area contributed by atoms with Crippen LogP contribution in [-0.2, 0) is 0 Å². The molecule has 0 fully saturated rings. The van der Waals surface area contributed by atoms with Gasteiger partial charge in [0.05, 0.1) is 18.0 Å². The number of anilines is 2. The SMILES string of the molecule is CCNc1cnc(C(=O)Nc2ccc(F)c(C#N)c2)cn1. The lowest BCUT2D eigenvalue weighted by molar-refractivity contribution is 0.102. The molecule has 0 bridgehead atoms. The van der Waals surface area contributed by atoms with Gasteiger partial charge in [-0.2, -0.15) is 5.26 Å². The highest BCUT2D eigenvalue weighted by Crippen LogP contribution is 2.14. The Morgan fingerprint density at radius 3 is 2.81 bits per heavy atom. The molecule has 0 saturated carbocycles. The van der Waals surface area contributed by atoms with Crippen molar-refractivity contribution < 1.29 is 9.18 Å². The van der Waals surface area contributed by atoms with Crippen LogP contribution in [0.5, 0.6) is 0 Å². The predicted molar refractivity (Wildman–Crippen MR) is 75.3 cm³/mol. The number of nitrogens with one attached hydrogen (secondary N) is 2. The van der Waals surface area contributed by atoms with E-state index < -0.39 is 11.7 Å². The highest BCUT2D eigenvalue weighted by molar-refractivity contribution is 6.02. The molecular formula is C14H12FN5O. The number of hydrogen-bond donors (Lipinski definition) is 2. The lowest BCUT2D eigenvalue weighted by Crippen LogP contribution is -2.14. The van der Waals surface area contributed by atoms with Gasteiger partial charge in [0, 0.05) is 12.2 Å². The van der Waals surface area contributed by atoms with Crippen LogP contribution in [-0.4, -0.2) is 22.4 Å². The molecule has 2 aromatic rings. The standard InChI is InChI=1S/C14H12FN5O/c1-2-17-13-8-18-12(7-19-13)14(21)20-10-3-4-11(15)9(5-10)6-16/h3-5,7-8H,2H2,1H3,(H,17,19)(H,20,21). The van der Waals surface area contributed by atoms with Crippen LogP contribution >= 0.6 is 0 Å². The van der Waals surface area contributed by atoms with Crippen LogP contribution in [0.15, 0.2) is 30.6 Å². The number of benzene rings is 1. The number of nitrogens with zero attached hydrogens (tertiary/aromatic N) is 3. The quantitative estimate of drug-likeness (QED) is 0.898. The van der Waals surface area contributed by atoms with Crippen LogP contribution in [0.2, 0.25) is 0 Å². The number of carbonyl (C=O) groups is 1. The monoisotopic (exact) mass is 285 g/mol. The smallest absolute Gasteiger partial charge is 0.275 e. The molecule has 1 aromatic heterocycles. The molecule has 2 N–H and O–H groups in total. The summed E-state index contributed by atoms with van der Waals surface area (Å²) in [7, 11) is 0. The van der Waals surface area contributed by atoms with Crippen molar-refractivity contribution in [3.8, 4) is 6.07 Å². The minimum Gasteiger partial charge on any atom is -0.369 e. The number of amides is 1. The average molecular weight is 285 g/mol. The molecule has 0 spiro atoms. The normalized spacial score (nSPS) is 9.76. The van der Waals surface area contributed by atoms with E-state index in [1.807, 2.05) is 6.92 Å². The topological polar surface area (TPSA) is 90.7 Å². The molecule has 6 nitrogen and oxygen atoms in total. The first-order valence-electron chi connectivity index (χ1n) is 6.21. The Hall–Kier alpha value is -3.01. The van der Waals surface area contributed by atoms with Crippen LogP contribution in [0.4, 0.5) is 15.9 Å². The zero-order valence-corrected chi connectivity index (χ0v) is 11.2. The van der Waals surface area contributed by atoms with Crippen molar-refractivity contribution in [2.45, 2.75) is 6.92 Å². The molecule has 1 amide bonds. The summed E-state index contributed by atoms with van der Waals surface area (Å²) in [4.78, 5) is 20.0. The van der Waals surface area contributed by atoms with E-state index in [9.17, 15) is 9.18 Å². The van der Waals surface area contributed by atoms with Gasteiger partial charge in [-0.1, -0.05) is 0 Å². The van der Waals surface area contributed by atoms with Gasteiger partial charge >= 0.3 is 0 Å². The molecule has 0 unspecified atom stereocenters.